The first-order valence-electron chi connectivity index (χ1n) is 14.7. The van der Waals surface area contributed by atoms with Gasteiger partial charge in [0.15, 0.2) is 12.2 Å². The minimum absolute atomic E-state index is 0.245. The van der Waals surface area contributed by atoms with E-state index in [2.05, 4.69) is 42.2 Å². The molecule has 2 aliphatic heterocycles. The van der Waals surface area contributed by atoms with Crippen molar-refractivity contribution < 1.29 is 48.9 Å². The third-order valence-corrected chi connectivity index (χ3v) is 6.91. The van der Waals surface area contributed by atoms with Gasteiger partial charge < -0.3 is 80.8 Å². The second kappa shape index (κ2) is 18.9. The van der Waals surface area contributed by atoms with Crippen molar-refractivity contribution in [3.05, 3.63) is 11.9 Å². The number of aliphatic hydroxyl groups excluding tert-OH is 3. The molecule has 0 aromatic rings. The fourth-order valence-corrected chi connectivity index (χ4v) is 4.46. The van der Waals surface area contributed by atoms with Crippen LogP contribution in [0.15, 0.2) is 16.9 Å². The summed E-state index contributed by atoms with van der Waals surface area (Å²) in [7, 11) is 0. The summed E-state index contributed by atoms with van der Waals surface area (Å²) in [6, 6.07) is -9.66. The van der Waals surface area contributed by atoms with Crippen LogP contribution < -0.4 is 65.5 Å². The summed E-state index contributed by atoms with van der Waals surface area (Å²) in [6.45, 7) is -2.36. The van der Waals surface area contributed by atoms with Crippen LogP contribution in [0.1, 0.15) is 25.7 Å². The van der Waals surface area contributed by atoms with E-state index in [1.165, 1.54) is 0 Å². The van der Waals surface area contributed by atoms with Gasteiger partial charge in [-0.25, -0.2) is 9.79 Å². The average molecular weight is 686 g/mol. The zero-order chi connectivity index (χ0) is 36.0. The Bertz CT molecular complexity index is 1280. The number of urea groups is 1. The van der Waals surface area contributed by atoms with E-state index in [9.17, 15) is 48.9 Å². The maximum atomic E-state index is 13.6. The van der Waals surface area contributed by atoms with Crippen LogP contribution in [-0.2, 0) is 28.8 Å². The van der Waals surface area contributed by atoms with E-state index in [1.54, 1.807) is 0 Å². The molecular weight excluding hydrogens is 642 g/mol. The van der Waals surface area contributed by atoms with E-state index in [0.29, 0.717) is 25.6 Å². The van der Waals surface area contributed by atoms with Gasteiger partial charge in [-0.1, -0.05) is 0 Å². The van der Waals surface area contributed by atoms with Gasteiger partial charge in [-0.3, -0.25) is 28.8 Å². The molecule has 2 rings (SSSR count). The van der Waals surface area contributed by atoms with Crippen LogP contribution in [0, 0.1) is 0 Å². The Hall–Kier alpha value is -5.10. The molecule has 0 aromatic carbocycles. The molecule has 0 unspecified atom stereocenters. The van der Waals surface area contributed by atoms with Gasteiger partial charge in [-0.15, -0.1) is 0 Å². The quantitative estimate of drug-likeness (QED) is 0.0950. The minimum Gasteiger partial charge on any atom is -0.394 e. The first kappa shape index (κ1) is 39.1. The Balaban J connectivity index is 2.54. The number of nitrogens with two attached hydrogens (primary N) is 4. The summed E-state index contributed by atoms with van der Waals surface area (Å²) in [5.41, 5.74) is 21.5. The number of nitrogens with one attached hydrogen (secondary N) is 8. The number of amides is 8. The van der Waals surface area contributed by atoms with Gasteiger partial charge in [-0.2, -0.15) is 0 Å². The number of hydrogen-bond donors (Lipinski definition) is 15. The van der Waals surface area contributed by atoms with Gasteiger partial charge in [0.2, 0.25) is 29.5 Å². The van der Waals surface area contributed by atoms with Crippen molar-refractivity contribution in [1.29, 1.82) is 0 Å². The highest BCUT2D eigenvalue weighted by molar-refractivity contribution is 6.02. The van der Waals surface area contributed by atoms with Crippen LogP contribution in [0.4, 0.5) is 4.79 Å². The molecule has 0 saturated carbocycles. The molecule has 268 valence electrons. The molecule has 1 fully saturated rings. The zero-order valence-electron chi connectivity index (χ0n) is 25.7. The lowest BCUT2D eigenvalue weighted by molar-refractivity contribution is -0.135. The molecule has 2 heterocycles. The number of aliphatic hydroxyl groups is 3. The molecule has 7 atom stereocenters. The summed E-state index contributed by atoms with van der Waals surface area (Å²) < 4.78 is 0. The van der Waals surface area contributed by atoms with Crippen molar-refractivity contribution in [3.8, 4) is 0 Å². The highest BCUT2D eigenvalue weighted by Gasteiger charge is 2.37. The fraction of sp³-hybridized carbons (Fsp3) is 0.600. The van der Waals surface area contributed by atoms with Crippen molar-refractivity contribution in [2.24, 2.45) is 27.9 Å². The summed E-state index contributed by atoms with van der Waals surface area (Å²) in [6.07, 6.45) is -0.339. The third kappa shape index (κ3) is 12.3. The lowest BCUT2D eigenvalue weighted by Crippen LogP contribution is -2.64. The normalized spacial score (nSPS) is 27.6. The van der Waals surface area contributed by atoms with Crippen LogP contribution in [0.5, 0.6) is 0 Å². The highest BCUT2D eigenvalue weighted by Crippen LogP contribution is 2.11. The number of carbonyl (C=O) groups excluding carboxylic acids is 7. The van der Waals surface area contributed by atoms with E-state index in [4.69, 9.17) is 22.9 Å². The smallest absolute Gasteiger partial charge is 0.316 e. The van der Waals surface area contributed by atoms with Crippen LogP contribution in [0.2, 0.25) is 0 Å². The van der Waals surface area contributed by atoms with Gasteiger partial charge in [0.1, 0.15) is 29.9 Å². The Labute approximate surface area is 273 Å². The van der Waals surface area contributed by atoms with Crippen molar-refractivity contribution >= 4 is 47.4 Å². The molecule has 8 amide bonds. The van der Waals surface area contributed by atoms with Gasteiger partial charge in [0.05, 0.1) is 19.3 Å². The van der Waals surface area contributed by atoms with Crippen LogP contribution in [-0.4, -0.2) is 132 Å². The first-order chi connectivity index (χ1) is 22.7. The van der Waals surface area contributed by atoms with E-state index in [0.717, 1.165) is 0 Å². The summed E-state index contributed by atoms with van der Waals surface area (Å²) in [5, 5.41) is 47.9. The minimum atomic E-state index is -1.78. The van der Waals surface area contributed by atoms with Crippen LogP contribution in [0.3, 0.4) is 0 Å². The molecule has 2 aliphatic rings. The number of rotatable bonds is 10. The second-order valence-corrected chi connectivity index (χ2v) is 10.7. The lowest BCUT2D eigenvalue weighted by Gasteiger charge is -2.33. The number of carbonyl (C=O) groups is 7. The lowest BCUT2D eigenvalue weighted by atomic mass is 10.0. The largest absolute Gasteiger partial charge is 0.394 e. The number of nitrogens with zero attached hydrogens (tertiary/aromatic N) is 1. The molecule has 0 aliphatic carbocycles. The molecule has 0 aromatic heterocycles. The molecule has 0 spiro atoms. The third-order valence-electron chi connectivity index (χ3n) is 6.91. The molecule has 1 saturated heterocycles. The maximum absolute atomic E-state index is 13.6. The second-order valence-electron chi connectivity index (χ2n) is 10.7. The van der Waals surface area contributed by atoms with E-state index < -0.39 is 109 Å². The van der Waals surface area contributed by atoms with Crippen molar-refractivity contribution in [1.82, 2.24) is 42.5 Å². The van der Waals surface area contributed by atoms with Crippen molar-refractivity contribution in [2.75, 3.05) is 26.3 Å². The van der Waals surface area contributed by atoms with Crippen LogP contribution >= 0.6 is 0 Å². The number of primary amides is 1. The molecule has 19 N–H and O–H groups in total. The standard InChI is InChI=1S/C25H43N13O10/c26-3-1-2-10(27)4-16(41)32-12-6-30-23(47)18(11-5-17(42)37-24(28)36-11)38-20(44)13(7-31-25(29)48)33-21(45)14(8-39)35-22(46)15(9-40)34-19(12)43/h7,10-12,14-15,17-18,39-40,42H,1-6,8-9,26-27H2,(H,30,47)(H,32,41)(H,33,45)(H,34,43)(H,35,46)(H,38,44)(H3,28,36,37)(H3,29,31,48)/b13-7-/t10-,11-,12+,14+,15+,17-,18+/m1/s1. The maximum Gasteiger partial charge on any atom is 0.316 e. The van der Waals surface area contributed by atoms with Crippen molar-refractivity contribution in [2.45, 2.75) is 68.2 Å². The highest BCUT2D eigenvalue weighted by atomic mass is 16.3. The fourth-order valence-electron chi connectivity index (χ4n) is 4.46. The molecule has 0 bridgehead atoms. The summed E-state index contributed by atoms with van der Waals surface area (Å²) in [5.74, 6) is -6.65. The SMILES string of the molecule is NCCC[C@@H](N)CC(=O)N[C@H]1CNC(=O)[C@H]([C@H]2C[C@@H](O)N=C(N)N2)NC(=O)/C(=C/NC(N)=O)NC(=O)[C@H](CO)NC(=O)[C@H](CO)NC1=O. The Morgan fingerprint density at radius 1 is 0.979 bits per heavy atom. The van der Waals surface area contributed by atoms with E-state index >= 15 is 0 Å². The summed E-state index contributed by atoms with van der Waals surface area (Å²) >= 11 is 0. The predicted octanol–water partition coefficient (Wildman–Crippen LogP) is -8.88. The number of aliphatic imine (C=N–C) groups is 1. The van der Waals surface area contributed by atoms with E-state index in [-0.39, 0.29) is 18.8 Å². The Morgan fingerprint density at radius 2 is 1.62 bits per heavy atom. The Kier molecular flexibility index (Phi) is 15.4. The Morgan fingerprint density at radius 3 is 2.23 bits per heavy atom. The molecule has 23 nitrogen and oxygen atoms in total. The predicted molar refractivity (Wildman–Crippen MR) is 164 cm³/mol. The topological polar surface area (TPSA) is 393 Å². The van der Waals surface area contributed by atoms with Gasteiger partial charge in [0.25, 0.3) is 5.91 Å². The van der Waals surface area contributed by atoms with Crippen molar-refractivity contribution in [3.63, 3.8) is 0 Å². The monoisotopic (exact) mass is 685 g/mol. The molecular formula is C25H43N13O10. The average Bonchev–Trinajstić information content (AvgIpc) is 3.02. The van der Waals surface area contributed by atoms with Gasteiger partial charge >= 0.3 is 6.03 Å². The first-order valence-corrected chi connectivity index (χ1v) is 14.7. The summed E-state index contributed by atoms with van der Waals surface area (Å²) in [4.78, 5) is 94.0. The molecule has 0 radical (unpaired) electrons. The number of hydrogen-bond acceptors (Lipinski definition) is 15. The van der Waals surface area contributed by atoms with Crippen LogP contribution in [0.25, 0.3) is 0 Å². The van der Waals surface area contributed by atoms with Gasteiger partial charge in [0, 0.05) is 31.6 Å². The number of guanidine groups is 1. The molecule has 23 heteroatoms. The zero-order valence-corrected chi connectivity index (χ0v) is 25.7. The molecule has 48 heavy (non-hydrogen) atoms. The van der Waals surface area contributed by atoms with E-state index in [1.807, 2.05) is 5.32 Å². The van der Waals surface area contributed by atoms with Gasteiger partial charge in [-0.05, 0) is 19.4 Å².